The lowest BCUT2D eigenvalue weighted by Gasteiger charge is -2.19. The number of alkyl halides is 3. The van der Waals surface area contributed by atoms with Crippen LogP contribution in [-0.2, 0) is 6.18 Å². The van der Waals surface area contributed by atoms with E-state index in [0.717, 1.165) is 23.0 Å². The highest BCUT2D eigenvalue weighted by atomic mass is 19.4. The minimum Gasteiger partial charge on any atom is -0.469 e. The van der Waals surface area contributed by atoms with Crippen LogP contribution in [0.4, 0.5) is 13.2 Å². The first kappa shape index (κ1) is 14.7. The second-order valence-electron chi connectivity index (χ2n) is 4.78. The first-order valence-corrected chi connectivity index (χ1v) is 6.23. The van der Waals surface area contributed by atoms with E-state index in [1.807, 2.05) is 13.0 Å². The zero-order valence-corrected chi connectivity index (χ0v) is 11.5. The molecule has 0 spiro atoms. The molecule has 0 aliphatic carbocycles. The third kappa shape index (κ3) is 2.88. The molecular weight excluding hydrogens is 267 g/mol. The molecule has 1 aromatic heterocycles. The van der Waals surface area contributed by atoms with E-state index in [-0.39, 0.29) is 6.04 Å². The van der Waals surface area contributed by atoms with E-state index in [0.29, 0.717) is 5.56 Å². The quantitative estimate of drug-likeness (QED) is 0.912. The van der Waals surface area contributed by atoms with Gasteiger partial charge in [0.25, 0.3) is 0 Å². The van der Waals surface area contributed by atoms with E-state index < -0.39 is 11.7 Å². The minimum absolute atomic E-state index is 0.185. The Balaban J connectivity index is 2.41. The van der Waals surface area contributed by atoms with Gasteiger partial charge in [-0.25, -0.2) is 0 Å². The Labute approximate surface area is 115 Å². The molecule has 0 saturated heterocycles. The maximum atomic E-state index is 12.7. The fourth-order valence-corrected chi connectivity index (χ4v) is 2.29. The van der Waals surface area contributed by atoms with Crippen molar-refractivity contribution in [3.05, 3.63) is 58.5 Å². The summed E-state index contributed by atoms with van der Waals surface area (Å²) in [7, 11) is 1.77. The highest BCUT2D eigenvalue weighted by Crippen LogP contribution is 2.33. The number of benzene rings is 1. The van der Waals surface area contributed by atoms with Gasteiger partial charge in [-0.05, 0) is 50.2 Å². The van der Waals surface area contributed by atoms with Gasteiger partial charge in [0, 0.05) is 5.56 Å². The Bertz CT molecular complexity index is 601. The smallest absolute Gasteiger partial charge is 0.416 e. The van der Waals surface area contributed by atoms with Gasteiger partial charge in [-0.1, -0.05) is 6.07 Å². The molecule has 20 heavy (non-hydrogen) atoms. The summed E-state index contributed by atoms with van der Waals surface area (Å²) in [6.07, 6.45) is -2.70. The fourth-order valence-electron chi connectivity index (χ4n) is 2.29. The first-order valence-electron chi connectivity index (χ1n) is 6.23. The van der Waals surface area contributed by atoms with Gasteiger partial charge in [-0.3, -0.25) is 0 Å². The number of rotatable bonds is 3. The lowest BCUT2D eigenvalue weighted by atomic mass is 9.95. The van der Waals surface area contributed by atoms with Crippen LogP contribution in [0.1, 0.15) is 34.1 Å². The number of hydrogen-bond donors (Lipinski definition) is 1. The summed E-state index contributed by atoms with van der Waals surface area (Å²) >= 11 is 0. The highest BCUT2D eigenvalue weighted by molar-refractivity contribution is 5.39. The fraction of sp³-hybridized carbons (Fsp3) is 0.333. The Morgan fingerprint density at radius 2 is 1.85 bits per heavy atom. The van der Waals surface area contributed by atoms with E-state index in [1.165, 1.54) is 12.1 Å². The van der Waals surface area contributed by atoms with Crippen molar-refractivity contribution < 1.29 is 17.6 Å². The van der Waals surface area contributed by atoms with Crippen molar-refractivity contribution in [2.45, 2.75) is 26.1 Å². The molecule has 1 N–H and O–H groups in total. The van der Waals surface area contributed by atoms with Crippen molar-refractivity contribution in [1.82, 2.24) is 5.32 Å². The topological polar surface area (TPSA) is 25.2 Å². The van der Waals surface area contributed by atoms with Crippen molar-refractivity contribution in [3.8, 4) is 0 Å². The van der Waals surface area contributed by atoms with Gasteiger partial charge in [-0.2, -0.15) is 13.2 Å². The van der Waals surface area contributed by atoms with Gasteiger partial charge in [0.1, 0.15) is 5.76 Å². The predicted octanol–water partition coefficient (Wildman–Crippen LogP) is 4.22. The van der Waals surface area contributed by atoms with Crippen molar-refractivity contribution in [1.29, 1.82) is 0 Å². The molecule has 0 aliphatic rings. The van der Waals surface area contributed by atoms with Crippen LogP contribution in [0, 0.1) is 13.8 Å². The summed E-state index contributed by atoms with van der Waals surface area (Å²) in [4.78, 5) is 0. The van der Waals surface area contributed by atoms with E-state index in [9.17, 15) is 13.2 Å². The number of halogens is 3. The van der Waals surface area contributed by atoms with Gasteiger partial charge < -0.3 is 9.73 Å². The molecule has 5 heteroatoms. The van der Waals surface area contributed by atoms with Gasteiger partial charge in [0.2, 0.25) is 0 Å². The number of nitrogens with one attached hydrogen (secondary N) is 1. The molecule has 0 aliphatic heterocycles. The van der Waals surface area contributed by atoms with Crippen LogP contribution in [0.25, 0.3) is 0 Å². The Morgan fingerprint density at radius 1 is 1.15 bits per heavy atom. The Hall–Kier alpha value is -1.75. The van der Waals surface area contributed by atoms with Crippen molar-refractivity contribution in [2.75, 3.05) is 7.05 Å². The molecular formula is C15H16F3NO. The van der Waals surface area contributed by atoms with E-state index in [1.54, 1.807) is 20.2 Å². The largest absolute Gasteiger partial charge is 0.469 e. The number of hydrogen-bond acceptors (Lipinski definition) is 2. The molecule has 1 heterocycles. The maximum absolute atomic E-state index is 12.7. The molecule has 1 atom stereocenters. The highest BCUT2D eigenvalue weighted by Gasteiger charge is 2.31. The van der Waals surface area contributed by atoms with E-state index >= 15 is 0 Å². The number of furan rings is 1. The minimum atomic E-state index is -4.31. The molecule has 108 valence electrons. The van der Waals surface area contributed by atoms with Gasteiger partial charge >= 0.3 is 6.18 Å². The Kier molecular flexibility index (Phi) is 3.90. The van der Waals surface area contributed by atoms with Crippen LogP contribution in [0.5, 0.6) is 0 Å². The van der Waals surface area contributed by atoms with Crippen LogP contribution in [0.3, 0.4) is 0 Å². The van der Waals surface area contributed by atoms with Crippen molar-refractivity contribution in [2.24, 2.45) is 0 Å². The normalized spacial score (nSPS) is 13.5. The predicted molar refractivity (Wildman–Crippen MR) is 70.5 cm³/mol. The Morgan fingerprint density at radius 3 is 2.30 bits per heavy atom. The van der Waals surface area contributed by atoms with Crippen molar-refractivity contribution in [3.63, 3.8) is 0 Å². The molecule has 0 amide bonds. The molecule has 1 aromatic carbocycles. The first-order chi connectivity index (χ1) is 9.32. The van der Waals surface area contributed by atoms with E-state index in [2.05, 4.69) is 5.32 Å². The van der Waals surface area contributed by atoms with Gasteiger partial charge in [0.05, 0.1) is 17.9 Å². The molecule has 0 bridgehead atoms. The zero-order chi connectivity index (χ0) is 14.9. The second-order valence-corrected chi connectivity index (χ2v) is 4.78. The summed E-state index contributed by atoms with van der Waals surface area (Å²) in [6.45, 7) is 3.51. The molecule has 2 aromatic rings. The van der Waals surface area contributed by atoms with Crippen LogP contribution in [0.2, 0.25) is 0 Å². The standard InChI is InChI=1S/C15H16F3NO/c1-9-6-12(15(16,17)18)4-5-13(9)14(19-3)11-7-10(2)20-8-11/h4-8,14,19H,1-3H3. The van der Waals surface area contributed by atoms with E-state index in [4.69, 9.17) is 4.42 Å². The molecule has 0 radical (unpaired) electrons. The average molecular weight is 283 g/mol. The van der Waals surface area contributed by atoms with Crippen molar-refractivity contribution >= 4 is 0 Å². The zero-order valence-electron chi connectivity index (χ0n) is 11.5. The second kappa shape index (κ2) is 5.32. The van der Waals surface area contributed by atoms with Crippen LogP contribution in [0.15, 0.2) is 34.9 Å². The van der Waals surface area contributed by atoms with Crippen LogP contribution < -0.4 is 5.32 Å². The molecule has 2 rings (SSSR count). The number of aryl methyl sites for hydroxylation is 2. The molecule has 0 saturated carbocycles. The third-order valence-electron chi connectivity index (χ3n) is 3.28. The third-order valence-corrected chi connectivity index (χ3v) is 3.28. The molecule has 2 nitrogen and oxygen atoms in total. The summed E-state index contributed by atoms with van der Waals surface area (Å²) < 4.78 is 43.3. The summed E-state index contributed by atoms with van der Waals surface area (Å²) in [6, 6.07) is 5.49. The average Bonchev–Trinajstić information content (AvgIpc) is 2.77. The molecule has 1 unspecified atom stereocenters. The lowest BCUT2D eigenvalue weighted by Crippen LogP contribution is -2.18. The van der Waals surface area contributed by atoms with Crippen LogP contribution >= 0.6 is 0 Å². The van der Waals surface area contributed by atoms with Gasteiger partial charge in [-0.15, -0.1) is 0 Å². The lowest BCUT2D eigenvalue weighted by molar-refractivity contribution is -0.137. The monoisotopic (exact) mass is 283 g/mol. The molecule has 0 fully saturated rings. The van der Waals surface area contributed by atoms with Crippen LogP contribution in [-0.4, -0.2) is 7.05 Å². The maximum Gasteiger partial charge on any atom is 0.416 e. The summed E-state index contributed by atoms with van der Waals surface area (Å²) in [5.41, 5.74) is 1.67. The van der Waals surface area contributed by atoms with Gasteiger partial charge in [0.15, 0.2) is 0 Å². The summed E-state index contributed by atoms with van der Waals surface area (Å²) in [5, 5.41) is 3.11. The SMILES string of the molecule is CNC(c1coc(C)c1)c1ccc(C(F)(F)F)cc1C. The summed E-state index contributed by atoms with van der Waals surface area (Å²) in [5.74, 6) is 0.768.